The topological polar surface area (TPSA) is 105 Å². The summed E-state index contributed by atoms with van der Waals surface area (Å²) in [5, 5.41) is 0. The maximum atomic E-state index is 14.6. The molecule has 11 heteroatoms. The fourth-order valence-electron chi connectivity index (χ4n) is 6.60. The number of hydrogen-bond acceptors (Lipinski definition) is 6. The molecule has 3 aromatic carbocycles. The van der Waals surface area contributed by atoms with E-state index < -0.39 is 21.7 Å². The number of carbonyl (C=O) groups is 2. The van der Waals surface area contributed by atoms with Crippen molar-refractivity contribution < 1.29 is 22.7 Å². The summed E-state index contributed by atoms with van der Waals surface area (Å²) in [5.74, 6) is -0.220. The number of aromatic nitrogens is 2. The smallest absolute Gasteiger partial charge is 0.410 e. The van der Waals surface area contributed by atoms with Crippen molar-refractivity contribution in [3.05, 3.63) is 109 Å². The minimum atomic E-state index is -3.69. The van der Waals surface area contributed by atoms with Crippen LogP contribution in [0.3, 0.4) is 0 Å². The van der Waals surface area contributed by atoms with Gasteiger partial charge in [0.1, 0.15) is 5.60 Å². The summed E-state index contributed by atoms with van der Waals surface area (Å²) >= 11 is 0. The molecule has 0 radical (unpaired) electrons. The Morgan fingerprint density at radius 1 is 0.854 bits per heavy atom. The van der Waals surface area contributed by atoms with Gasteiger partial charge in [-0.2, -0.15) is 4.31 Å². The summed E-state index contributed by atoms with van der Waals surface area (Å²) in [6, 6.07) is 27.6. The molecule has 0 aliphatic carbocycles. The molecule has 2 atom stereocenters. The van der Waals surface area contributed by atoms with Crippen molar-refractivity contribution in [2.75, 3.05) is 32.7 Å². The van der Waals surface area contributed by atoms with Gasteiger partial charge >= 0.3 is 6.09 Å². The van der Waals surface area contributed by atoms with Crippen LogP contribution in [0.1, 0.15) is 55.7 Å². The Morgan fingerprint density at radius 3 is 2.17 bits per heavy atom. The van der Waals surface area contributed by atoms with E-state index in [9.17, 15) is 18.0 Å². The zero-order valence-corrected chi connectivity index (χ0v) is 28.6. The number of piperazine rings is 1. The molecule has 48 heavy (non-hydrogen) atoms. The number of hydrogen-bond donors (Lipinski definition) is 0. The van der Waals surface area contributed by atoms with Crippen LogP contribution in [-0.4, -0.2) is 88.4 Å². The first-order valence-electron chi connectivity index (χ1n) is 16.5. The standard InChI is InChI=1S/C37H43N5O5S/c1-37(2,3)47-36(44)39-22-23-41(31(25-39)24-28-14-7-4-8-15-28)35(43)33-34(29-16-9-5-10-17-29)42(27-38-33)30-18-13-21-40(26-30)48(45,46)32-19-11-6-12-20-32/h4-12,14-17,19-20,27,30-31H,13,18,21-26H2,1-3H3/t30?,31-/m1/s1. The third-order valence-corrected chi connectivity index (χ3v) is 10.8. The van der Waals surface area contributed by atoms with E-state index in [1.807, 2.05) is 90.9 Å². The van der Waals surface area contributed by atoms with Gasteiger partial charge in [0, 0.05) is 44.3 Å². The summed E-state index contributed by atoms with van der Waals surface area (Å²) in [5.41, 5.74) is 2.23. The van der Waals surface area contributed by atoms with Crippen molar-refractivity contribution in [2.24, 2.45) is 0 Å². The second-order valence-electron chi connectivity index (χ2n) is 13.5. The maximum absolute atomic E-state index is 14.6. The predicted octanol–water partition coefficient (Wildman–Crippen LogP) is 5.88. The normalized spacial score (nSPS) is 19.2. The van der Waals surface area contributed by atoms with Crippen molar-refractivity contribution in [1.29, 1.82) is 0 Å². The molecular weight excluding hydrogens is 627 g/mol. The van der Waals surface area contributed by atoms with E-state index in [1.54, 1.807) is 45.9 Å². The highest BCUT2D eigenvalue weighted by molar-refractivity contribution is 7.89. The highest BCUT2D eigenvalue weighted by atomic mass is 32.2. The molecule has 4 aromatic rings. The summed E-state index contributed by atoms with van der Waals surface area (Å²) < 4.78 is 36.4. The second kappa shape index (κ2) is 13.9. The number of amides is 2. The minimum absolute atomic E-state index is 0.217. The maximum Gasteiger partial charge on any atom is 0.410 e. The number of benzene rings is 3. The SMILES string of the molecule is CC(C)(C)OC(=O)N1CCN(C(=O)c2ncn(C3CCCN(S(=O)(=O)c4ccccc4)C3)c2-c2ccccc2)[C@H](Cc2ccccc2)C1. The van der Waals surface area contributed by atoms with Crippen LogP contribution in [0.15, 0.2) is 102 Å². The molecular formula is C37H43N5O5S. The van der Waals surface area contributed by atoms with Crippen molar-refractivity contribution in [3.63, 3.8) is 0 Å². The van der Waals surface area contributed by atoms with Crippen molar-refractivity contribution in [3.8, 4) is 11.3 Å². The van der Waals surface area contributed by atoms with Gasteiger partial charge in [-0.3, -0.25) is 4.79 Å². The average molecular weight is 670 g/mol. The Hall–Kier alpha value is -4.48. The molecule has 0 N–H and O–H groups in total. The van der Waals surface area contributed by atoms with Crippen LogP contribution in [0.2, 0.25) is 0 Å². The monoisotopic (exact) mass is 669 g/mol. The van der Waals surface area contributed by atoms with Gasteiger partial charge in [0.25, 0.3) is 5.91 Å². The first-order valence-corrected chi connectivity index (χ1v) is 18.0. The summed E-state index contributed by atoms with van der Waals surface area (Å²) in [4.78, 5) is 36.2. The van der Waals surface area contributed by atoms with Gasteiger partial charge in [-0.25, -0.2) is 18.2 Å². The molecule has 0 bridgehead atoms. The first-order chi connectivity index (χ1) is 23.0. The minimum Gasteiger partial charge on any atom is -0.444 e. The van der Waals surface area contributed by atoms with E-state index in [2.05, 4.69) is 0 Å². The van der Waals surface area contributed by atoms with Gasteiger partial charge in [0.05, 0.1) is 23.0 Å². The molecule has 2 aliphatic rings. The lowest BCUT2D eigenvalue weighted by Gasteiger charge is -2.41. The molecule has 2 fully saturated rings. The number of carbonyl (C=O) groups excluding carboxylic acids is 2. The van der Waals surface area contributed by atoms with Crippen LogP contribution in [0.4, 0.5) is 4.79 Å². The number of rotatable bonds is 7. The van der Waals surface area contributed by atoms with Crippen LogP contribution < -0.4 is 0 Å². The largest absolute Gasteiger partial charge is 0.444 e. The lowest BCUT2D eigenvalue weighted by Crippen LogP contribution is -2.58. The zero-order chi connectivity index (χ0) is 33.9. The van der Waals surface area contributed by atoms with Crippen LogP contribution in [0, 0.1) is 0 Å². The number of nitrogens with zero attached hydrogens (tertiary/aromatic N) is 5. The fourth-order valence-corrected chi connectivity index (χ4v) is 8.13. The molecule has 1 aromatic heterocycles. The summed E-state index contributed by atoms with van der Waals surface area (Å²) in [7, 11) is -3.69. The second-order valence-corrected chi connectivity index (χ2v) is 15.4. The Bertz CT molecular complexity index is 1820. The highest BCUT2D eigenvalue weighted by Gasteiger charge is 2.38. The molecule has 0 spiro atoms. The number of imidazole rings is 1. The average Bonchev–Trinajstić information content (AvgIpc) is 3.54. The number of ether oxygens (including phenoxy) is 1. The van der Waals surface area contributed by atoms with Crippen LogP contribution >= 0.6 is 0 Å². The molecule has 3 heterocycles. The molecule has 2 aliphatic heterocycles. The molecule has 10 nitrogen and oxygen atoms in total. The highest BCUT2D eigenvalue weighted by Crippen LogP contribution is 2.34. The van der Waals surface area contributed by atoms with Crippen molar-refractivity contribution in [2.45, 2.75) is 62.6 Å². The zero-order valence-electron chi connectivity index (χ0n) is 27.7. The molecule has 0 saturated carbocycles. The van der Waals surface area contributed by atoms with Gasteiger partial charge in [0.2, 0.25) is 10.0 Å². The summed E-state index contributed by atoms with van der Waals surface area (Å²) in [6.45, 7) is 7.21. The molecule has 1 unspecified atom stereocenters. The van der Waals surface area contributed by atoms with E-state index in [4.69, 9.17) is 9.72 Å². The van der Waals surface area contributed by atoms with Gasteiger partial charge in [-0.15, -0.1) is 0 Å². The first kappa shape index (κ1) is 33.4. The van der Waals surface area contributed by atoms with Crippen molar-refractivity contribution >= 4 is 22.0 Å². The fraction of sp³-hybridized carbons (Fsp3) is 0.378. The van der Waals surface area contributed by atoms with E-state index >= 15 is 0 Å². The molecule has 6 rings (SSSR count). The van der Waals surface area contributed by atoms with Gasteiger partial charge < -0.3 is 19.1 Å². The molecule has 252 valence electrons. The third-order valence-electron chi connectivity index (χ3n) is 8.89. The third kappa shape index (κ3) is 7.32. The number of sulfonamides is 1. The lowest BCUT2D eigenvalue weighted by atomic mass is 10.0. The molecule has 2 saturated heterocycles. The van der Waals surface area contributed by atoms with E-state index in [0.29, 0.717) is 50.4 Å². The van der Waals surface area contributed by atoms with Gasteiger partial charge in [-0.1, -0.05) is 78.9 Å². The van der Waals surface area contributed by atoms with Crippen LogP contribution in [-0.2, 0) is 21.2 Å². The Labute approximate surface area is 283 Å². The Morgan fingerprint density at radius 2 is 1.50 bits per heavy atom. The molecule has 2 amide bonds. The Balaban J connectivity index is 1.32. The predicted molar refractivity (Wildman–Crippen MR) is 184 cm³/mol. The van der Waals surface area contributed by atoms with E-state index in [-0.39, 0.29) is 29.4 Å². The lowest BCUT2D eigenvalue weighted by molar-refractivity contribution is 0.00429. The quantitative estimate of drug-likeness (QED) is 0.244. The Kier molecular flexibility index (Phi) is 9.70. The van der Waals surface area contributed by atoms with Gasteiger partial charge in [0.15, 0.2) is 5.69 Å². The number of piperidine rings is 1. The van der Waals surface area contributed by atoms with E-state index in [1.165, 1.54) is 0 Å². The van der Waals surface area contributed by atoms with E-state index in [0.717, 1.165) is 17.5 Å². The van der Waals surface area contributed by atoms with Crippen molar-refractivity contribution in [1.82, 2.24) is 23.7 Å². The van der Waals surface area contributed by atoms with Gasteiger partial charge in [-0.05, 0) is 57.7 Å². The van der Waals surface area contributed by atoms with Crippen LogP contribution in [0.25, 0.3) is 11.3 Å². The van der Waals surface area contributed by atoms with Crippen LogP contribution in [0.5, 0.6) is 0 Å². The summed E-state index contributed by atoms with van der Waals surface area (Å²) in [6.07, 6.45) is 3.27.